The summed E-state index contributed by atoms with van der Waals surface area (Å²) >= 11 is 0. The molecule has 230 valence electrons. The first-order chi connectivity index (χ1) is 19.1. The maximum Gasteiger partial charge on any atom is 0.307 e. The van der Waals surface area contributed by atoms with Crippen LogP contribution in [0.15, 0.2) is 12.2 Å². The first-order valence-electron chi connectivity index (χ1n) is 17.1. The van der Waals surface area contributed by atoms with E-state index >= 15 is 0 Å². The number of carboxylic acid groups (broad SMARTS) is 1. The van der Waals surface area contributed by atoms with Gasteiger partial charge in [-0.15, -0.1) is 0 Å². The van der Waals surface area contributed by atoms with Crippen LogP contribution in [0.25, 0.3) is 0 Å². The van der Waals surface area contributed by atoms with E-state index in [9.17, 15) is 14.7 Å². The smallest absolute Gasteiger partial charge is 0.307 e. The minimum Gasteiger partial charge on any atom is -0.481 e. The number of allylic oxidation sites excluding steroid dienone is 2. The van der Waals surface area contributed by atoms with Gasteiger partial charge < -0.3 is 9.84 Å². The molecule has 0 fully saturated rings. The van der Waals surface area contributed by atoms with Gasteiger partial charge in [0.15, 0.2) is 0 Å². The second kappa shape index (κ2) is 31.2. The van der Waals surface area contributed by atoms with Gasteiger partial charge in [0.25, 0.3) is 0 Å². The molecule has 0 aromatic carbocycles. The Kier molecular flexibility index (Phi) is 30.2. The molecule has 1 atom stereocenters. The van der Waals surface area contributed by atoms with Gasteiger partial charge in [0.05, 0.1) is 18.9 Å². The van der Waals surface area contributed by atoms with E-state index in [1.807, 2.05) is 6.92 Å². The predicted molar refractivity (Wildman–Crippen MR) is 167 cm³/mol. The molecule has 39 heavy (non-hydrogen) atoms. The molecule has 0 aliphatic rings. The number of hydrogen-bond donors (Lipinski definition) is 1. The SMILES string of the molecule is CCCCCCCCCCCCCCCCCCCCC/C=C/CCCCCC(CC(=O)OCCC)C(=O)O. The number of hydrogen-bond acceptors (Lipinski definition) is 3. The molecule has 0 rings (SSSR count). The van der Waals surface area contributed by atoms with E-state index in [1.165, 1.54) is 128 Å². The van der Waals surface area contributed by atoms with Crippen molar-refractivity contribution in [1.82, 2.24) is 0 Å². The van der Waals surface area contributed by atoms with Crippen LogP contribution in [-0.4, -0.2) is 23.7 Å². The second-order valence-electron chi connectivity index (χ2n) is 11.7. The van der Waals surface area contributed by atoms with Crippen LogP contribution in [0.4, 0.5) is 0 Å². The molecule has 0 aromatic rings. The summed E-state index contributed by atoms with van der Waals surface area (Å²) in [4.78, 5) is 23.0. The molecule has 0 radical (unpaired) electrons. The lowest BCUT2D eigenvalue weighted by Crippen LogP contribution is -2.19. The fourth-order valence-electron chi connectivity index (χ4n) is 5.19. The van der Waals surface area contributed by atoms with Crippen LogP contribution in [0, 0.1) is 5.92 Å². The van der Waals surface area contributed by atoms with E-state index in [-0.39, 0.29) is 12.4 Å². The fourth-order valence-corrected chi connectivity index (χ4v) is 5.19. The standard InChI is InChI=1S/C35H66O4/c1-3-5-6-7-8-9-10-11-12-13-14-15-16-17-18-19-20-21-22-23-24-25-26-27-28-29-30-33(35(37)38)32-34(36)39-31-4-2/h24-25,33H,3-23,26-32H2,1-2H3,(H,37,38)/b25-24+. The van der Waals surface area contributed by atoms with Gasteiger partial charge in [-0.2, -0.15) is 0 Å². The zero-order valence-electron chi connectivity index (χ0n) is 26.2. The topological polar surface area (TPSA) is 63.6 Å². The van der Waals surface area contributed by atoms with Gasteiger partial charge in [0.1, 0.15) is 0 Å². The highest BCUT2D eigenvalue weighted by Gasteiger charge is 2.21. The van der Waals surface area contributed by atoms with Crippen molar-refractivity contribution in [2.45, 2.75) is 187 Å². The molecule has 4 nitrogen and oxygen atoms in total. The van der Waals surface area contributed by atoms with Crippen molar-refractivity contribution in [2.75, 3.05) is 6.61 Å². The molecule has 0 bridgehead atoms. The summed E-state index contributed by atoms with van der Waals surface area (Å²) < 4.78 is 5.02. The molecule has 0 aliphatic heterocycles. The normalized spacial score (nSPS) is 12.3. The number of rotatable bonds is 31. The van der Waals surface area contributed by atoms with Crippen LogP contribution in [0.5, 0.6) is 0 Å². The molecule has 0 heterocycles. The average Bonchev–Trinajstić information content (AvgIpc) is 2.93. The lowest BCUT2D eigenvalue weighted by atomic mass is 9.97. The minimum absolute atomic E-state index is 0.00528. The second-order valence-corrected chi connectivity index (χ2v) is 11.7. The lowest BCUT2D eigenvalue weighted by molar-refractivity contribution is -0.151. The van der Waals surface area contributed by atoms with Gasteiger partial charge in [-0.05, 0) is 38.5 Å². The molecule has 0 saturated heterocycles. The number of aliphatic carboxylic acids is 1. The van der Waals surface area contributed by atoms with Crippen molar-refractivity contribution in [2.24, 2.45) is 5.92 Å². The van der Waals surface area contributed by atoms with Gasteiger partial charge >= 0.3 is 11.9 Å². The zero-order chi connectivity index (χ0) is 28.7. The molecule has 0 spiro atoms. The van der Waals surface area contributed by atoms with E-state index in [1.54, 1.807) is 0 Å². The van der Waals surface area contributed by atoms with Crippen LogP contribution in [0.2, 0.25) is 0 Å². The molecule has 0 aromatic heterocycles. The van der Waals surface area contributed by atoms with Crippen molar-refractivity contribution in [1.29, 1.82) is 0 Å². The van der Waals surface area contributed by atoms with Crippen molar-refractivity contribution >= 4 is 11.9 Å². The average molecular weight is 551 g/mol. The fraction of sp³-hybridized carbons (Fsp3) is 0.886. The van der Waals surface area contributed by atoms with E-state index < -0.39 is 11.9 Å². The lowest BCUT2D eigenvalue weighted by Gasteiger charge is -2.11. The highest BCUT2D eigenvalue weighted by molar-refractivity contribution is 5.78. The van der Waals surface area contributed by atoms with Crippen LogP contribution in [0.3, 0.4) is 0 Å². The molecule has 0 aliphatic carbocycles. The Morgan fingerprint density at radius 1 is 0.564 bits per heavy atom. The predicted octanol–water partition coefficient (Wildman–Crippen LogP) is 11.4. The highest BCUT2D eigenvalue weighted by Crippen LogP contribution is 2.17. The van der Waals surface area contributed by atoms with Gasteiger partial charge in [0, 0.05) is 0 Å². The number of carbonyl (C=O) groups excluding carboxylic acids is 1. The van der Waals surface area contributed by atoms with Crippen LogP contribution in [-0.2, 0) is 14.3 Å². The molecule has 0 amide bonds. The third-order valence-corrected chi connectivity index (χ3v) is 7.79. The maximum absolute atomic E-state index is 11.7. The first-order valence-corrected chi connectivity index (χ1v) is 17.1. The van der Waals surface area contributed by atoms with Gasteiger partial charge in [-0.25, -0.2) is 0 Å². The number of esters is 1. The van der Waals surface area contributed by atoms with Crippen molar-refractivity contribution < 1.29 is 19.4 Å². The summed E-state index contributed by atoms with van der Waals surface area (Å²) in [7, 11) is 0. The maximum atomic E-state index is 11.7. The Labute approximate surface area is 243 Å². The number of unbranched alkanes of at least 4 members (excludes halogenated alkanes) is 22. The van der Waals surface area contributed by atoms with E-state index in [4.69, 9.17) is 4.74 Å². The van der Waals surface area contributed by atoms with Crippen molar-refractivity contribution in [3.63, 3.8) is 0 Å². The van der Waals surface area contributed by atoms with Gasteiger partial charge in [-0.1, -0.05) is 154 Å². The Morgan fingerprint density at radius 2 is 0.949 bits per heavy atom. The zero-order valence-corrected chi connectivity index (χ0v) is 26.2. The molecular weight excluding hydrogens is 484 g/mol. The quantitative estimate of drug-likeness (QED) is 0.0529. The number of carbonyl (C=O) groups is 2. The molecule has 1 unspecified atom stereocenters. The minimum atomic E-state index is -0.886. The third kappa shape index (κ3) is 29.5. The Hall–Kier alpha value is -1.32. The monoisotopic (exact) mass is 550 g/mol. The number of carboxylic acids is 1. The summed E-state index contributed by atoms with van der Waals surface area (Å²) in [6, 6.07) is 0. The van der Waals surface area contributed by atoms with Gasteiger partial charge in [-0.3, -0.25) is 9.59 Å². The first kappa shape index (κ1) is 37.7. The summed E-state index contributed by atoms with van der Waals surface area (Å²) in [6.45, 7) is 4.59. The Balaban J connectivity index is 3.34. The molecule has 1 N–H and O–H groups in total. The Bertz CT molecular complexity index is 557. The summed E-state index contributed by atoms with van der Waals surface area (Å²) in [5, 5.41) is 9.32. The van der Waals surface area contributed by atoms with Crippen LogP contribution < -0.4 is 0 Å². The van der Waals surface area contributed by atoms with E-state index in [0.29, 0.717) is 13.0 Å². The molecule has 4 heteroatoms. The number of ether oxygens (including phenoxy) is 1. The summed E-state index contributed by atoms with van der Waals surface area (Å²) in [6.07, 6.45) is 38.1. The largest absolute Gasteiger partial charge is 0.481 e. The highest BCUT2D eigenvalue weighted by atomic mass is 16.5. The molecule has 0 saturated carbocycles. The summed E-state index contributed by atoms with van der Waals surface area (Å²) in [5.74, 6) is -1.89. The Morgan fingerprint density at radius 3 is 1.33 bits per heavy atom. The van der Waals surface area contributed by atoms with Crippen molar-refractivity contribution in [3.8, 4) is 0 Å². The van der Waals surface area contributed by atoms with Crippen LogP contribution in [0.1, 0.15) is 187 Å². The van der Waals surface area contributed by atoms with E-state index in [2.05, 4.69) is 19.1 Å². The summed E-state index contributed by atoms with van der Waals surface area (Å²) in [5.41, 5.74) is 0. The van der Waals surface area contributed by atoms with E-state index in [0.717, 1.165) is 32.1 Å². The van der Waals surface area contributed by atoms with Gasteiger partial charge in [0.2, 0.25) is 0 Å². The third-order valence-electron chi connectivity index (χ3n) is 7.79. The van der Waals surface area contributed by atoms with Crippen LogP contribution >= 0.6 is 0 Å². The van der Waals surface area contributed by atoms with Crippen molar-refractivity contribution in [3.05, 3.63) is 12.2 Å². The molecular formula is C35H66O4.